The number of azide groups is 1. The van der Waals surface area contributed by atoms with Crippen molar-refractivity contribution in [2.75, 3.05) is 0 Å². The van der Waals surface area contributed by atoms with Crippen LogP contribution in [0.1, 0.15) is 13.8 Å². The fraction of sp³-hybridized carbons (Fsp3) is 1.00. The molecule has 0 aliphatic carbocycles. The van der Waals surface area contributed by atoms with Gasteiger partial charge in [0.1, 0.15) is 0 Å². The Balaban J connectivity index is 3.71. The maximum absolute atomic E-state index is 8.00. The molecular formula is C4H11N4P. The molecule has 0 aliphatic rings. The van der Waals surface area contributed by atoms with E-state index in [4.69, 9.17) is 5.53 Å². The second-order valence-corrected chi connectivity index (χ2v) is 2.23. The Morgan fingerprint density at radius 3 is 2.56 bits per heavy atom. The standard InChI is InChI=1S/C4H11N4P/c1-3(6-8-5)4(2)7-9/h3-4,7H,9H2,1-2H3. The Kier molecular flexibility index (Phi) is 4.41. The number of hydrogen-bond donors (Lipinski definition) is 1. The van der Waals surface area contributed by atoms with Crippen LogP contribution in [0.5, 0.6) is 0 Å². The first-order valence-corrected chi connectivity index (χ1v) is 3.30. The van der Waals surface area contributed by atoms with Crippen LogP contribution in [0, 0.1) is 0 Å². The van der Waals surface area contributed by atoms with E-state index in [0.717, 1.165) is 0 Å². The van der Waals surface area contributed by atoms with Crippen molar-refractivity contribution in [3.63, 3.8) is 0 Å². The average Bonchev–Trinajstić information content (AvgIpc) is 1.87. The third-order valence-corrected chi connectivity index (χ3v) is 1.75. The lowest BCUT2D eigenvalue weighted by Gasteiger charge is -2.12. The molecule has 0 amide bonds. The number of rotatable bonds is 3. The number of nitrogens with zero attached hydrogens (tertiary/aromatic N) is 3. The molecule has 5 heteroatoms. The lowest BCUT2D eigenvalue weighted by Crippen LogP contribution is -2.26. The summed E-state index contributed by atoms with van der Waals surface area (Å²) >= 11 is 0. The van der Waals surface area contributed by atoms with Crippen molar-refractivity contribution in [2.24, 2.45) is 5.11 Å². The van der Waals surface area contributed by atoms with E-state index in [9.17, 15) is 0 Å². The zero-order chi connectivity index (χ0) is 7.28. The molecule has 0 aromatic carbocycles. The molecule has 0 saturated heterocycles. The van der Waals surface area contributed by atoms with Crippen LogP contribution in [0.3, 0.4) is 0 Å². The molecule has 0 saturated carbocycles. The van der Waals surface area contributed by atoms with E-state index < -0.39 is 0 Å². The molecule has 1 N–H and O–H groups in total. The molecule has 0 aromatic heterocycles. The van der Waals surface area contributed by atoms with Crippen LogP contribution in [-0.4, -0.2) is 12.1 Å². The first-order chi connectivity index (χ1) is 4.22. The molecule has 0 radical (unpaired) electrons. The number of nitrogens with one attached hydrogen (secondary N) is 1. The van der Waals surface area contributed by atoms with Crippen LogP contribution in [-0.2, 0) is 0 Å². The molecule has 0 spiro atoms. The molecule has 0 bridgehead atoms. The summed E-state index contributed by atoms with van der Waals surface area (Å²) in [6, 6.07) is 0.221. The van der Waals surface area contributed by atoms with Crippen molar-refractivity contribution in [3.8, 4) is 0 Å². The highest BCUT2D eigenvalue weighted by atomic mass is 31.0. The van der Waals surface area contributed by atoms with Gasteiger partial charge < -0.3 is 0 Å². The zero-order valence-electron chi connectivity index (χ0n) is 5.57. The lowest BCUT2D eigenvalue weighted by molar-refractivity contribution is 0.569. The minimum absolute atomic E-state index is 0.00694. The fourth-order valence-electron chi connectivity index (χ4n) is 0.321. The quantitative estimate of drug-likeness (QED) is 0.278. The first kappa shape index (κ1) is 8.70. The van der Waals surface area contributed by atoms with Crippen molar-refractivity contribution < 1.29 is 0 Å². The van der Waals surface area contributed by atoms with E-state index in [2.05, 4.69) is 24.5 Å². The molecule has 0 aliphatic heterocycles. The monoisotopic (exact) mass is 146 g/mol. The van der Waals surface area contributed by atoms with Gasteiger partial charge in [0.05, 0.1) is 0 Å². The minimum atomic E-state index is 0.00694. The van der Waals surface area contributed by atoms with Crippen LogP contribution < -0.4 is 5.09 Å². The Hall–Kier alpha value is -0.300. The van der Waals surface area contributed by atoms with Gasteiger partial charge in [-0.1, -0.05) is 21.4 Å². The highest BCUT2D eigenvalue weighted by Gasteiger charge is 2.05. The smallest absolute Gasteiger partial charge is 0.0499 e. The molecule has 9 heavy (non-hydrogen) atoms. The van der Waals surface area contributed by atoms with Gasteiger partial charge in [-0.3, -0.25) is 5.09 Å². The fourth-order valence-corrected chi connectivity index (χ4v) is 0.599. The highest BCUT2D eigenvalue weighted by molar-refractivity contribution is 7.13. The highest BCUT2D eigenvalue weighted by Crippen LogP contribution is 1.98. The summed E-state index contributed by atoms with van der Waals surface area (Å²) in [5.74, 6) is 0. The molecule has 0 heterocycles. The van der Waals surface area contributed by atoms with E-state index in [0.29, 0.717) is 0 Å². The first-order valence-electron chi connectivity index (χ1n) is 2.72. The van der Waals surface area contributed by atoms with Crippen LogP contribution in [0.25, 0.3) is 10.4 Å². The van der Waals surface area contributed by atoms with Crippen LogP contribution >= 0.6 is 9.39 Å². The molecule has 4 nitrogen and oxygen atoms in total. The molecule has 0 aromatic rings. The van der Waals surface area contributed by atoms with Gasteiger partial charge >= 0.3 is 0 Å². The van der Waals surface area contributed by atoms with E-state index in [-0.39, 0.29) is 12.1 Å². The van der Waals surface area contributed by atoms with Crippen molar-refractivity contribution in [1.82, 2.24) is 5.09 Å². The van der Waals surface area contributed by atoms with Crippen LogP contribution in [0.2, 0.25) is 0 Å². The lowest BCUT2D eigenvalue weighted by atomic mass is 10.2. The topological polar surface area (TPSA) is 60.8 Å². The summed E-state index contributed by atoms with van der Waals surface area (Å²) in [6.45, 7) is 3.81. The van der Waals surface area contributed by atoms with Crippen molar-refractivity contribution in [2.45, 2.75) is 25.9 Å². The van der Waals surface area contributed by atoms with Gasteiger partial charge in [0.2, 0.25) is 0 Å². The predicted octanol–water partition coefficient (Wildman–Crippen LogP) is 1.45. The van der Waals surface area contributed by atoms with Crippen molar-refractivity contribution >= 4 is 9.39 Å². The second-order valence-electron chi connectivity index (χ2n) is 1.90. The molecule has 0 rings (SSSR count). The van der Waals surface area contributed by atoms with Crippen LogP contribution in [0.15, 0.2) is 5.11 Å². The van der Waals surface area contributed by atoms with E-state index >= 15 is 0 Å². The Morgan fingerprint density at radius 2 is 2.22 bits per heavy atom. The van der Waals surface area contributed by atoms with E-state index in [1.165, 1.54) is 0 Å². The Labute approximate surface area is 56.9 Å². The van der Waals surface area contributed by atoms with E-state index in [1.54, 1.807) is 0 Å². The SMILES string of the molecule is CC(N=[N+]=[N-])C(C)NP. The van der Waals surface area contributed by atoms with Gasteiger partial charge in [0.15, 0.2) is 0 Å². The van der Waals surface area contributed by atoms with Gasteiger partial charge in [-0.2, -0.15) is 0 Å². The molecule has 0 fully saturated rings. The normalized spacial score (nSPS) is 15.9. The summed E-state index contributed by atoms with van der Waals surface area (Å²) in [5.41, 5.74) is 8.00. The molecule has 52 valence electrons. The molecule has 3 atom stereocenters. The molecular weight excluding hydrogens is 135 g/mol. The van der Waals surface area contributed by atoms with Crippen molar-refractivity contribution in [1.29, 1.82) is 0 Å². The summed E-state index contributed by atoms with van der Waals surface area (Å²) in [6.07, 6.45) is 0. The van der Waals surface area contributed by atoms with Gasteiger partial charge in [-0.25, -0.2) is 0 Å². The Morgan fingerprint density at radius 1 is 1.67 bits per heavy atom. The summed E-state index contributed by atoms with van der Waals surface area (Å²) in [5, 5.41) is 6.40. The zero-order valence-corrected chi connectivity index (χ0v) is 6.73. The van der Waals surface area contributed by atoms with Crippen LogP contribution in [0.4, 0.5) is 0 Å². The molecule has 3 unspecified atom stereocenters. The van der Waals surface area contributed by atoms with Gasteiger partial charge in [0, 0.05) is 17.0 Å². The third-order valence-electron chi connectivity index (χ3n) is 1.22. The maximum atomic E-state index is 8.00. The summed E-state index contributed by atoms with van der Waals surface area (Å²) < 4.78 is 0. The summed E-state index contributed by atoms with van der Waals surface area (Å²) in [4.78, 5) is 2.68. The van der Waals surface area contributed by atoms with Gasteiger partial charge in [-0.15, -0.1) is 0 Å². The van der Waals surface area contributed by atoms with E-state index in [1.807, 2.05) is 13.8 Å². The summed E-state index contributed by atoms with van der Waals surface area (Å²) in [7, 11) is 2.38. The predicted molar refractivity (Wildman–Crippen MR) is 40.9 cm³/mol. The number of hydrogen-bond acceptors (Lipinski definition) is 2. The average molecular weight is 146 g/mol. The third kappa shape index (κ3) is 3.31. The van der Waals surface area contributed by atoms with Gasteiger partial charge in [0.25, 0.3) is 0 Å². The Bertz CT molecular complexity index is 120. The van der Waals surface area contributed by atoms with Gasteiger partial charge in [-0.05, 0) is 12.5 Å². The largest absolute Gasteiger partial charge is 0.298 e. The minimum Gasteiger partial charge on any atom is -0.298 e. The second kappa shape index (κ2) is 4.57. The maximum Gasteiger partial charge on any atom is 0.0499 e. The van der Waals surface area contributed by atoms with Crippen molar-refractivity contribution in [3.05, 3.63) is 10.4 Å².